The highest BCUT2D eigenvalue weighted by molar-refractivity contribution is 5.66. The average Bonchev–Trinajstić information content (AvgIpc) is 2.65. The average molecular weight is 255 g/mol. The minimum Gasteiger partial charge on any atom is -0.481 e. The van der Waals surface area contributed by atoms with Gasteiger partial charge >= 0.3 is 5.97 Å². The topological polar surface area (TPSA) is 49.8 Å². The Hall–Kier alpha value is -0.610. The Kier molecular flexibility index (Phi) is 5.45. The van der Waals surface area contributed by atoms with Crippen molar-refractivity contribution in [3.63, 3.8) is 0 Å². The summed E-state index contributed by atoms with van der Waals surface area (Å²) in [5, 5.41) is 8.73. The molecule has 1 saturated heterocycles. The van der Waals surface area contributed by atoms with Crippen LogP contribution in [0, 0.1) is 0 Å². The molecule has 0 bridgehead atoms. The zero-order chi connectivity index (χ0) is 12.8. The monoisotopic (exact) mass is 255 g/mol. The van der Waals surface area contributed by atoms with Crippen LogP contribution in [0.25, 0.3) is 0 Å². The zero-order valence-electron chi connectivity index (χ0n) is 11.1. The van der Waals surface area contributed by atoms with E-state index in [0.29, 0.717) is 12.5 Å². The summed E-state index contributed by atoms with van der Waals surface area (Å²) in [6, 6.07) is 0.712. The zero-order valence-corrected chi connectivity index (χ0v) is 11.1. The van der Waals surface area contributed by atoms with E-state index in [0.717, 1.165) is 19.7 Å². The highest BCUT2D eigenvalue weighted by Gasteiger charge is 2.26. The van der Waals surface area contributed by atoms with Gasteiger partial charge in [-0.3, -0.25) is 9.69 Å². The Bertz CT molecular complexity index is 262. The van der Waals surface area contributed by atoms with Gasteiger partial charge in [0.15, 0.2) is 0 Å². The number of carboxylic acids is 1. The first-order valence-corrected chi connectivity index (χ1v) is 7.33. The number of hydrogen-bond donors (Lipinski definition) is 1. The van der Waals surface area contributed by atoms with Crippen molar-refractivity contribution >= 4 is 5.97 Å². The highest BCUT2D eigenvalue weighted by Crippen LogP contribution is 2.24. The SMILES string of the molecule is O=C(O)CCC1CN(C2CCCCCC2)CCO1. The maximum absolute atomic E-state index is 10.6. The molecule has 1 atom stereocenters. The Balaban J connectivity index is 1.79. The minimum atomic E-state index is -0.717. The van der Waals surface area contributed by atoms with Crippen molar-refractivity contribution in [1.82, 2.24) is 4.90 Å². The van der Waals surface area contributed by atoms with Crippen molar-refractivity contribution in [3.05, 3.63) is 0 Å². The number of nitrogens with zero attached hydrogens (tertiary/aromatic N) is 1. The number of hydrogen-bond acceptors (Lipinski definition) is 3. The van der Waals surface area contributed by atoms with Crippen LogP contribution in [0.2, 0.25) is 0 Å². The van der Waals surface area contributed by atoms with Crippen LogP contribution in [-0.4, -0.2) is 47.8 Å². The number of ether oxygens (including phenoxy) is 1. The fourth-order valence-electron chi connectivity index (χ4n) is 3.16. The molecule has 4 heteroatoms. The van der Waals surface area contributed by atoms with Crippen LogP contribution < -0.4 is 0 Å². The van der Waals surface area contributed by atoms with Gasteiger partial charge in [-0.25, -0.2) is 0 Å². The second-order valence-electron chi connectivity index (χ2n) is 5.57. The van der Waals surface area contributed by atoms with Crippen molar-refractivity contribution < 1.29 is 14.6 Å². The number of aliphatic carboxylic acids is 1. The third kappa shape index (κ3) is 4.25. The van der Waals surface area contributed by atoms with Crippen LogP contribution in [0.1, 0.15) is 51.4 Å². The van der Waals surface area contributed by atoms with Crippen molar-refractivity contribution in [1.29, 1.82) is 0 Å². The normalized spacial score (nSPS) is 27.9. The smallest absolute Gasteiger partial charge is 0.303 e. The van der Waals surface area contributed by atoms with E-state index in [1.807, 2.05) is 0 Å². The molecule has 2 fully saturated rings. The van der Waals surface area contributed by atoms with Crippen molar-refractivity contribution in [3.8, 4) is 0 Å². The van der Waals surface area contributed by atoms with Gasteiger partial charge in [-0.1, -0.05) is 25.7 Å². The van der Waals surface area contributed by atoms with Crippen LogP contribution in [-0.2, 0) is 9.53 Å². The third-order valence-corrected chi connectivity index (χ3v) is 4.19. The number of rotatable bonds is 4. The summed E-state index contributed by atoms with van der Waals surface area (Å²) >= 11 is 0. The number of carboxylic acid groups (broad SMARTS) is 1. The van der Waals surface area contributed by atoms with Crippen LogP contribution in [0.15, 0.2) is 0 Å². The maximum Gasteiger partial charge on any atom is 0.303 e. The number of morpholine rings is 1. The quantitative estimate of drug-likeness (QED) is 0.783. The second kappa shape index (κ2) is 7.10. The molecule has 1 N–H and O–H groups in total. The van der Waals surface area contributed by atoms with Gasteiger partial charge in [-0.2, -0.15) is 0 Å². The van der Waals surface area contributed by atoms with E-state index in [2.05, 4.69) is 4.90 Å². The molecule has 0 aromatic rings. The van der Waals surface area contributed by atoms with Gasteiger partial charge in [0.2, 0.25) is 0 Å². The van der Waals surface area contributed by atoms with E-state index in [9.17, 15) is 4.79 Å². The van der Waals surface area contributed by atoms with Gasteiger partial charge in [0.25, 0.3) is 0 Å². The molecule has 2 rings (SSSR count). The molecule has 2 aliphatic rings. The van der Waals surface area contributed by atoms with Crippen molar-refractivity contribution in [2.24, 2.45) is 0 Å². The Morgan fingerprint density at radius 2 is 1.94 bits per heavy atom. The van der Waals surface area contributed by atoms with Crippen LogP contribution in [0.5, 0.6) is 0 Å². The molecule has 0 aromatic heterocycles. The summed E-state index contributed by atoms with van der Waals surface area (Å²) in [5.41, 5.74) is 0. The molecular weight excluding hydrogens is 230 g/mol. The fourth-order valence-corrected chi connectivity index (χ4v) is 3.16. The van der Waals surface area contributed by atoms with Crippen molar-refractivity contribution in [2.45, 2.75) is 63.5 Å². The highest BCUT2D eigenvalue weighted by atomic mass is 16.5. The first-order chi connectivity index (χ1) is 8.75. The second-order valence-corrected chi connectivity index (χ2v) is 5.57. The Labute approximate surface area is 109 Å². The van der Waals surface area contributed by atoms with Gasteiger partial charge in [0.05, 0.1) is 12.7 Å². The Morgan fingerprint density at radius 3 is 2.61 bits per heavy atom. The van der Waals surface area contributed by atoms with E-state index in [1.54, 1.807) is 0 Å². The molecule has 1 aliphatic carbocycles. The molecule has 104 valence electrons. The third-order valence-electron chi connectivity index (χ3n) is 4.19. The van der Waals surface area contributed by atoms with E-state index in [4.69, 9.17) is 9.84 Å². The lowest BCUT2D eigenvalue weighted by Crippen LogP contribution is -2.47. The molecule has 0 aromatic carbocycles. The lowest BCUT2D eigenvalue weighted by Gasteiger charge is -2.38. The molecule has 1 heterocycles. The van der Waals surface area contributed by atoms with Crippen molar-refractivity contribution in [2.75, 3.05) is 19.7 Å². The summed E-state index contributed by atoms with van der Waals surface area (Å²) < 4.78 is 5.68. The lowest BCUT2D eigenvalue weighted by atomic mass is 10.0. The van der Waals surface area contributed by atoms with E-state index in [1.165, 1.54) is 38.5 Å². The first kappa shape index (κ1) is 13.8. The van der Waals surface area contributed by atoms with Crippen LogP contribution in [0.3, 0.4) is 0 Å². The molecular formula is C14H25NO3. The molecule has 1 saturated carbocycles. The molecule has 1 unspecified atom stereocenters. The van der Waals surface area contributed by atoms with Crippen LogP contribution >= 0.6 is 0 Å². The van der Waals surface area contributed by atoms with Crippen LogP contribution in [0.4, 0.5) is 0 Å². The van der Waals surface area contributed by atoms with E-state index >= 15 is 0 Å². The summed E-state index contributed by atoms with van der Waals surface area (Å²) in [6.07, 6.45) is 9.08. The Morgan fingerprint density at radius 1 is 1.22 bits per heavy atom. The standard InChI is InChI=1S/C14H25NO3/c16-14(17)8-7-13-11-15(9-10-18-13)12-5-3-1-2-4-6-12/h12-13H,1-11H2,(H,16,17). The lowest BCUT2D eigenvalue weighted by molar-refractivity contribution is -0.138. The fraction of sp³-hybridized carbons (Fsp3) is 0.929. The predicted octanol–water partition coefficient (Wildman–Crippen LogP) is 2.27. The molecule has 0 spiro atoms. The minimum absolute atomic E-state index is 0.123. The largest absolute Gasteiger partial charge is 0.481 e. The molecule has 1 aliphatic heterocycles. The molecule has 0 amide bonds. The summed E-state index contributed by atoms with van der Waals surface area (Å²) in [4.78, 5) is 13.1. The van der Waals surface area contributed by atoms with Gasteiger partial charge in [-0.05, 0) is 19.3 Å². The maximum atomic E-state index is 10.6. The molecule has 4 nitrogen and oxygen atoms in total. The van der Waals surface area contributed by atoms with Gasteiger partial charge < -0.3 is 9.84 Å². The van der Waals surface area contributed by atoms with E-state index in [-0.39, 0.29) is 12.5 Å². The van der Waals surface area contributed by atoms with Gasteiger partial charge in [-0.15, -0.1) is 0 Å². The first-order valence-electron chi connectivity index (χ1n) is 7.33. The predicted molar refractivity (Wildman–Crippen MR) is 69.7 cm³/mol. The summed E-state index contributed by atoms with van der Waals surface area (Å²) in [5.74, 6) is -0.717. The summed E-state index contributed by atoms with van der Waals surface area (Å²) in [6.45, 7) is 2.72. The number of carbonyl (C=O) groups is 1. The summed E-state index contributed by atoms with van der Waals surface area (Å²) in [7, 11) is 0. The van der Waals surface area contributed by atoms with Gasteiger partial charge in [0.1, 0.15) is 0 Å². The molecule has 18 heavy (non-hydrogen) atoms. The van der Waals surface area contributed by atoms with E-state index < -0.39 is 5.97 Å². The molecule has 0 radical (unpaired) electrons. The van der Waals surface area contributed by atoms with Gasteiger partial charge in [0, 0.05) is 25.6 Å².